The predicted octanol–water partition coefficient (Wildman–Crippen LogP) is 4.95. The molecule has 0 saturated carbocycles. The summed E-state index contributed by atoms with van der Waals surface area (Å²) in [7, 11) is 4.19. The van der Waals surface area contributed by atoms with Gasteiger partial charge in [-0.05, 0) is 37.9 Å². The lowest BCUT2D eigenvalue weighted by atomic mass is 10.1. The molecule has 0 aliphatic carbocycles. The summed E-state index contributed by atoms with van der Waals surface area (Å²) in [4.78, 5) is 4.62. The molecule has 0 spiro atoms. The van der Waals surface area contributed by atoms with Crippen LogP contribution in [0.1, 0.15) is 11.1 Å². The zero-order chi connectivity index (χ0) is 19.2. The fourth-order valence-corrected chi connectivity index (χ4v) is 3.50. The standard InChI is InChI=1S/C21H24Cl2N4/c1-26(2)10-11-27(14-16-6-4-3-5-7-16)15-17-13-24-25-21(17)19-9-8-18(22)12-20(19)23/h3-9,12-13H,10-11,14-15H2,1-2H3,(H,24,25). The normalized spacial score (nSPS) is 11.5. The van der Waals surface area contributed by atoms with Crippen LogP contribution >= 0.6 is 23.2 Å². The second kappa shape index (κ2) is 9.38. The molecule has 1 heterocycles. The topological polar surface area (TPSA) is 35.2 Å². The van der Waals surface area contributed by atoms with Gasteiger partial charge >= 0.3 is 0 Å². The van der Waals surface area contributed by atoms with Gasteiger partial charge in [0.05, 0.1) is 16.9 Å². The predicted molar refractivity (Wildman–Crippen MR) is 113 cm³/mol. The maximum absolute atomic E-state index is 6.41. The lowest BCUT2D eigenvalue weighted by Gasteiger charge is -2.24. The van der Waals surface area contributed by atoms with E-state index < -0.39 is 0 Å². The Hall–Kier alpha value is -1.85. The van der Waals surface area contributed by atoms with Gasteiger partial charge in [0.15, 0.2) is 0 Å². The van der Waals surface area contributed by atoms with Crippen molar-refractivity contribution in [1.29, 1.82) is 0 Å². The summed E-state index contributed by atoms with van der Waals surface area (Å²) < 4.78 is 0. The molecule has 0 unspecified atom stereocenters. The second-order valence-electron chi connectivity index (χ2n) is 6.89. The molecule has 0 saturated heterocycles. The average Bonchev–Trinajstić information content (AvgIpc) is 3.08. The fourth-order valence-electron chi connectivity index (χ4n) is 2.99. The van der Waals surface area contributed by atoms with E-state index in [1.54, 1.807) is 6.07 Å². The third-order valence-electron chi connectivity index (χ3n) is 4.42. The van der Waals surface area contributed by atoms with Crippen LogP contribution in [0.5, 0.6) is 0 Å². The summed E-state index contributed by atoms with van der Waals surface area (Å²) in [5.41, 5.74) is 4.28. The maximum atomic E-state index is 6.41. The number of aromatic amines is 1. The molecular weight excluding hydrogens is 379 g/mol. The number of hydrogen-bond donors (Lipinski definition) is 1. The Morgan fingerprint density at radius 2 is 1.74 bits per heavy atom. The number of rotatable bonds is 8. The van der Waals surface area contributed by atoms with Crippen molar-refractivity contribution in [2.24, 2.45) is 0 Å². The van der Waals surface area contributed by atoms with Gasteiger partial charge in [-0.3, -0.25) is 10.00 Å². The lowest BCUT2D eigenvalue weighted by Crippen LogP contribution is -2.31. The Morgan fingerprint density at radius 3 is 2.44 bits per heavy atom. The van der Waals surface area contributed by atoms with Crippen LogP contribution in [-0.2, 0) is 13.1 Å². The van der Waals surface area contributed by atoms with Crippen molar-refractivity contribution in [1.82, 2.24) is 20.0 Å². The first-order chi connectivity index (χ1) is 13.0. The molecule has 0 amide bonds. The number of aromatic nitrogens is 2. The third-order valence-corrected chi connectivity index (χ3v) is 4.97. The Morgan fingerprint density at radius 1 is 0.963 bits per heavy atom. The molecule has 142 valence electrons. The van der Waals surface area contributed by atoms with Crippen LogP contribution in [0.15, 0.2) is 54.7 Å². The van der Waals surface area contributed by atoms with E-state index >= 15 is 0 Å². The van der Waals surface area contributed by atoms with Crippen molar-refractivity contribution in [3.05, 3.63) is 75.9 Å². The molecule has 27 heavy (non-hydrogen) atoms. The number of H-pyrrole nitrogens is 1. The molecule has 2 aromatic carbocycles. The zero-order valence-corrected chi connectivity index (χ0v) is 17.1. The molecule has 6 heteroatoms. The molecule has 0 bridgehead atoms. The molecule has 1 N–H and O–H groups in total. The van der Waals surface area contributed by atoms with E-state index in [1.807, 2.05) is 24.4 Å². The summed E-state index contributed by atoms with van der Waals surface area (Å²) >= 11 is 12.4. The van der Waals surface area contributed by atoms with Crippen LogP contribution in [-0.4, -0.2) is 47.2 Å². The highest BCUT2D eigenvalue weighted by Gasteiger charge is 2.15. The van der Waals surface area contributed by atoms with Crippen molar-refractivity contribution in [3.63, 3.8) is 0 Å². The van der Waals surface area contributed by atoms with Crippen molar-refractivity contribution in [2.75, 3.05) is 27.2 Å². The summed E-state index contributed by atoms with van der Waals surface area (Å²) in [6.45, 7) is 3.61. The van der Waals surface area contributed by atoms with E-state index in [4.69, 9.17) is 23.2 Å². The Labute approximate surface area is 170 Å². The van der Waals surface area contributed by atoms with Gasteiger partial charge in [-0.1, -0.05) is 53.5 Å². The summed E-state index contributed by atoms with van der Waals surface area (Å²) in [6, 6.07) is 16.1. The summed E-state index contributed by atoms with van der Waals surface area (Å²) in [6.07, 6.45) is 1.88. The highest BCUT2D eigenvalue weighted by molar-refractivity contribution is 6.36. The van der Waals surface area contributed by atoms with Crippen LogP contribution in [0.3, 0.4) is 0 Å². The first-order valence-electron chi connectivity index (χ1n) is 8.91. The molecule has 0 atom stereocenters. The highest BCUT2D eigenvalue weighted by Crippen LogP contribution is 2.31. The van der Waals surface area contributed by atoms with E-state index in [9.17, 15) is 0 Å². The number of likely N-dealkylation sites (N-methyl/N-ethyl adjacent to an activating group) is 1. The minimum atomic E-state index is 0.621. The molecule has 0 aliphatic rings. The summed E-state index contributed by atoms with van der Waals surface area (Å²) in [5.74, 6) is 0. The van der Waals surface area contributed by atoms with Crippen molar-refractivity contribution in [3.8, 4) is 11.3 Å². The third kappa shape index (κ3) is 5.56. The van der Waals surface area contributed by atoms with E-state index in [1.165, 1.54) is 5.56 Å². The van der Waals surface area contributed by atoms with Crippen molar-refractivity contribution < 1.29 is 0 Å². The van der Waals surface area contributed by atoms with Gasteiger partial charge in [-0.15, -0.1) is 0 Å². The van der Waals surface area contributed by atoms with E-state index in [-0.39, 0.29) is 0 Å². The lowest BCUT2D eigenvalue weighted by molar-refractivity contribution is 0.226. The number of nitrogens with zero attached hydrogens (tertiary/aromatic N) is 3. The molecule has 3 rings (SSSR count). The van der Waals surface area contributed by atoms with Crippen LogP contribution in [0.2, 0.25) is 10.0 Å². The van der Waals surface area contributed by atoms with Gasteiger partial charge < -0.3 is 4.90 Å². The monoisotopic (exact) mass is 402 g/mol. The SMILES string of the molecule is CN(C)CCN(Cc1ccccc1)Cc1cn[nH]c1-c1ccc(Cl)cc1Cl. The van der Waals surface area contributed by atoms with Crippen molar-refractivity contribution >= 4 is 23.2 Å². The zero-order valence-electron chi connectivity index (χ0n) is 15.6. The minimum Gasteiger partial charge on any atom is -0.308 e. The first-order valence-corrected chi connectivity index (χ1v) is 9.67. The van der Waals surface area contributed by atoms with Gasteiger partial charge in [0.1, 0.15) is 0 Å². The van der Waals surface area contributed by atoms with Crippen LogP contribution in [0.25, 0.3) is 11.3 Å². The fraction of sp³-hybridized carbons (Fsp3) is 0.286. The van der Waals surface area contributed by atoms with Gasteiger partial charge in [-0.25, -0.2) is 0 Å². The average molecular weight is 403 g/mol. The first kappa shape index (κ1) is 19.9. The second-order valence-corrected chi connectivity index (χ2v) is 7.74. The Balaban J connectivity index is 1.82. The van der Waals surface area contributed by atoms with E-state index in [0.717, 1.165) is 43.0 Å². The highest BCUT2D eigenvalue weighted by atomic mass is 35.5. The maximum Gasteiger partial charge on any atom is 0.0710 e. The molecule has 0 fully saturated rings. The van der Waals surface area contributed by atoms with Gasteiger partial charge in [0, 0.05) is 42.3 Å². The van der Waals surface area contributed by atoms with Gasteiger partial charge in [-0.2, -0.15) is 5.10 Å². The molecule has 0 aliphatic heterocycles. The summed E-state index contributed by atoms with van der Waals surface area (Å²) in [5, 5.41) is 8.61. The van der Waals surface area contributed by atoms with E-state index in [2.05, 4.69) is 58.4 Å². The quantitative estimate of drug-likeness (QED) is 0.578. The molecule has 1 aromatic heterocycles. The Kier molecular flexibility index (Phi) is 6.91. The number of halogens is 2. The molecule has 3 aromatic rings. The largest absolute Gasteiger partial charge is 0.308 e. The smallest absolute Gasteiger partial charge is 0.0710 e. The van der Waals surface area contributed by atoms with Crippen LogP contribution in [0.4, 0.5) is 0 Å². The Bertz CT molecular complexity index is 862. The number of benzene rings is 2. The number of hydrogen-bond acceptors (Lipinski definition) is 3. The molecule has 4 nitrogen and oxygen atoms in total. The van der Waals surface area contributed by atoms with Crippen LogP contribution in [0, 0.1) is 0 Å². The van der Waals surface area contributed by atoms with Gasteiger partial charge in [0.2, 0.25) is 0 Å². The van der Waals surface area contributed by atoms with Crippen LogP contribution < -0.4 is 0 Å². The van der Waals surface area contributed by atoms with Crippen molar-refractivity contribution in [2.45, 2.75) is 13.1 Å². The molecular formula is C21H24Cl2N4. The molecule has 0 radical (unpaired) electrons. The van der Waals surface area contributed by atoms with E-state index in [0.29, 0.717) is 10.0 Å². The van der Waals surface area contributed by atoms with Gasteiger partial charge in [0.25, 0.3) is 0 Å². The minimum absolute atomic E-state index is 0.621. The number of nitrogens with one attached hydrogen (secondary N) is 1.